The molecule has 2 aromatic rings. The van der Waals surface area contributed by atoms with Gasteiger partial charge in [0.1, 0.15) is 0 Å². The monoisotopic (exact) mass is 258 g/mol. The summed E-state index contributed by atoms with van der Waals surface area (Å²) in [6, 6.07) is 6.57. The number of hydrogen-bond acceptors (Lipinski definition) is 3. The highest BCUT2D eigenvalue weighted by molar-refractivity contribution is 5.16. The lowest BCUT2D eigenvalue weighted by Crippen LogP contribution is -2.26. The molecule has 2 rings (SSSR count). The molecule has 0 aliphatic heterocycles. The van der Waals surface area contributed by atoms with E-state index >= 15 is 0 Å². The minimum Gasteiger partial charge on any atom is -0.308 e. The molecule has 0 saturated heterocycles. The zero-order valence-electron chi connectivity index (χ0n) is 11.7. The van der Waals surface area contributed by atoms with Crippen LogP contribution in [0, 0.1) is 0 Å². The topological polar surface area (TPSA) is 42.7 Å². The molecule has 4 heteroatoms. The van der Waals surface area contributed by atoms with Crippen molar-refractivity contribution >= 4 is 0 Å². The Hall–Kier alpha value is -1.68. The smallest absolute Gasteiger partial charge is 0.0556 e. The van der Waals surface area contributed by atoms with Crippen LogP contribution in [0.15, 0.2) is 36.8 Å². The van der Waals surface area contributed by atoms with E-state index in [9.17, 15) is 0 Å². The van der Waals surface area contributed by atoms with Crippen molar-refractivity contribution in [2.24, 2.45) is 0 Å². The van der Waals surface area contributed by atoms with Crippen molar-refractivity contribution in [2.75, 3.05) is 6.54 Å². The maximum Gasteiger partial charge on any atom is 0.0556 e. The molecule has 4 nitrogen and oxygen atoms in total. The lowest BCUT2D eigenvalue weighted by Gasteiger charge is -2.19. The molecule has 0 bridgehead atoms. The van der Waals surface area contributed by atoms with Gasteiger partial charge in [-0.15, -0.1) is 0 Å². The summed E-state index contributed by atoms with van der Waals surface area (Å²) in [4.78, 5) is 4.07. The van der Waals surface area contributed by atoms with Crippen LogP contribution in [-0.2, 0) is 13.0 Å². The van der Waals surface area contributed by atoms with E-state index in [0.29, 0.717) is 6.04 Å². The molecule has 1 atom stereocenters. The van der Waals surface area contributed by atoms with E-state index in [4.69, 9.17) is 0 Å². The number of nitrogens with one attached hydrogen (secondary N) is 1. The largest absolute Gasteiger partial charge is 0.308 e. The van der Waals surface area contributed by atoms with Crippen LogP contribution in [0.1, 0.15) is 37.6 Å². The van der Waals surface area contributed by atoms with E-state index in [2.05, 4.69) is 52.1 Å². The van der Waals surface area contributed by atoms with Crippen molar-refractivity contribution in [3.8, 4) is 0 Å². The first-order valence-electron chi connectivity index (χ1n) is 6.99. The predicted octanol–water partition coefficient (Wildman–Crippen LogP) is 2.58. The molecule has 1 unspecified atom stereocenters. The third-order valence-electron chi connectivity index (χ3n) is 3.24. The molecule has 1 N–H and O–H groups in total. The van der Waals surface area contributed by atoms with Gasteiger partial charge >= 0.3 is 0 Å². The second-order valence-corrected chi connectivity index (χ2v) is 4.64. The molecule has 0 saturated carbocycles. The van der Waals surface area contributed by atoms with Crippen molar-refractivity contribution in [1.29, 1.82) is 0 Å². The molecular weight excluding hydrogens is 236 g/mol. The summed E-state index contributed by atoms with van der Waals surface area (Å²) in [5.74, 6) is 0. The third kappa shape index (κ3) is 3.64. The molecule has 0 fully saturated rings. The average Bonchev–Trinajstić information content (AvgIpc) is 2.93. The van der Waals surface area contributed by atoms with Gasteiger partial charge in [-0.3, -0.25) is 9.67 Å². The predicted molar refractivity (Wildman–Crippen MR) is 76.9 cm³/mol. The number of aryl methyl sites for hydroxylation is 1. The Bertz CT molecular complexity index is 478. The Balaban J connectivity index is 2.16. The highest BCUT2D eigenvalue weighted by Crippen LogP contribution is 2.18. The van der Waals surface area contributed by atoms with Gasteiger partial charge in [0.2, 0.25) is 0 Å². The van der Waals surface area contributed by atoms with Gasteiger partial charge in [0.05, 0.1) is 11.7 Å². The first-order valence-corrected chi connectivity index (χ1v) is 6.99. The van der Waals surface area contributed by atoms with Crippen molar-refractivity contribution in [2.45, 2.75) is 39.3 Å². The Morgan fingerprint density at radius 3 is 2.63 bits per heavy atom. The molecule has 2 aromatic heterocycles. The maximum atomic E-state index is 4.37. The number of hydrogen-bond donors (Lipinski definition) is 1. The molecule has 0 radical (unpaired) electrons. The van der Waals surface area contributed by atoms with Crippen LogP contribution in [0.4, 0.5) is 0 Å². The van der Waals surface area contributed by atoms with Gasteiger partial charge in [-0.2, -0.15) is 5.10 Å². The second-order valence-electron chi connectivity index (χ2n) is 4.64. The van der Waals surface area contributed by atoms with Crippen molar-refractivity contribution in [3.63, 3.8) is 0 Å². The first kappa shape index (κ1) is 13.7. The summed E-state index contributed by atoms with van der Waals surface area (Å²) in [6.45, 7) is 6.24. The lowest BCUT2D eigenvalue weighted by atomic mass is 10.0. The minimum atomic E-state index is 0.310. The van der Waals surface area contributed by atoms with E-state index in [1.54, 1.807) is 0 Å². The molecule has 2 heterocycles. The highest BCUT2D eigenvalue weighted by Gasteiger charge is 2.15. The second kappa shape index (κ2) is 7.04. The molecular formula is C15H22N4. The third-order valence-corrected chi connectivity index (χ3v) is 3.24. The number of aromatic nitrogens is 3. The van der Waals surface area contributed by atoms with Crippen LogP contribution in [0.5, 0.6) is 0 Å². The van der Waals surface area contributed by atoms with E-state index in [0.717, 1.165) is 25.9 Å². The SMILES string of the molecule is CCCNC(Cc1ccncc1)c1ccnn1CC. The summed E-state index contributed by atoms with van der Waals surface area (Å²) < 4.78 is 2.06. The molecule has 0 spiro atoms. The lowest BCUT2D eigenvalue weighted by molar-refractivity contribution is 0.478. The van der Waals surface area contributed by atoms with Gasteiger partial charge < -0.3 is 5.32 Å². The number of nitrogens with zero attached hydrogens (tertiary/aromatic N) is 3. The highest BCUT2D eigenvalue weighted by atomic mass is 15.3. The summed E-state index contributed by atoms with van der Waals surface area (Å²) in [6.07, 6.45) is 7.68. The Kier molecular flexibility index (Phi) is 5.10. The molecule has 0 amide bonds. The Morgan fingerprint density at radius 2 is 1.95 bits per heavy atom. The van der Waals surface area contributed by atoms with E-state index in [-0.39, 0.29) is 0 Å². The van der Waals surface area contributed by atoms with Crippen LogP contribution < -0.4 is 5.32 Å². The van der Waals surface area contributed by atoms with Crippen molar-refractivity contribution in [3.05, 3.63) is 48.0 Å². The van der Waals surface area contributed by atoms with Crippen LogP contribution in [0.25, 0.3) is 0 Å². The van der Waals surface area contributed by atoms with Gasteiger partial charge in [-0.05, 0) is 50.1 Å². The summed E-state index contributed by atoms with van der Waals surface area (Å²) in [5, 5.41) is 7.98. The molecule has 102 valence electrons. The molecule has 0 aromatic carbocycles. The van der Waals surface area contributed by atoms with E-state index in [1.165, 1.54) is 11.3 Å². The van der Waals surface area contributed by atoms with Crippen LogP contribution >= 0.6 is 0 Å². The zero-order valence-corrected chi connectivity index (χ0v) is 11.7. The molecule has 19 heavy (non-hydrogen) atoms. The molecule has 0 aliphatic rings. The van der Waals surface area contributed by atoms with Crippen molar-refractivity contribution < 1.29 is 0 Å². The minimum absolute atomic E-state index is 0.310. The summed E-state index contributed by atoms with van der Waals surface area (Å²) >= 11 is 0. The Labute approximate surface area is 114 Å². The van der Waals surface area contributed by atoms with Crippen molar-refractivity contribution in [1.82, 2.24) is 20.1 Å². The number of rotatable bonds is 7. The van der Waals surface area contributed by atoms with Crippen LogP contribution in [-0.4, -0.2) is 21.3 Å². The maximum absolute atomic E-state index is 4.37. The van der Waals surface area contributed by atoms with Gasteiger partial charge in [0.15, 0.2) is 0 Å². The van der Waals surface area contributed by atoms with Gasteiger partial charge in [-0.1, -0.05) is 6.92 Å². The standard InChI is InChI=1S/C15H22N4/c1-3-8-17-14(12-13-5-9-16-10-6-13)15-7-11-18-19(15)4-2/h5-7,9-11,14,17H,3-4,8,12H2,1-2H3. The first-order chi connectivity index (χ1) is 9.35. The Morgan fingerprint density at radius 1 is 1.16 bits per heavy atom. The fraction of sp³-hybridized carbons (Fsp3) is 0.467. The summed E-state index contributed by atoms with van der Waals surface area (Å²) in [7, 11) is 0. The van der Waals surface area contributed by atoms with Crippen LogP contribution in [0.3, 0.4) is 0 Å². The fourth-order valence-corrected chi connectivity index (χ4v) is 2.26. The zero-order chi connectivity index (χ0) is 13.5. The normalized spacial score (nSPS) is 12.5. The van der Waals surface area contributed by atoms with Gasteiger partial charge in [0.25, 0.3) is 0 Å². The average molecular weight is 258 g/mol. The van der Waals surface area contributed by atoms with Gasteiger partial charge in [0, 0.05) is 25.1 Å². The van der Waals surface area contributed by atoms with E-state index < -0.39 is 0 Å². The summed E-state index contributed by atoms with van der Waals surface area (Å²) in [5.41, 5.74) is 2.56. The quantitative estimate of drug-likeness (QED) is 0.830. The number of pyridine rings is 1. The fourth-order valence-electron chi connectivity index (χ4n) is 2.26. The molecule has 0 aliphatic carbocycles. The van der Waals surface area contributed by atoms with Gasteiger partial charge in [-0.25, -0.2) is 0 Å². The van der Waals surface area contributed by atoms with E-state index in [1.807, 2.05) is 18.6 Å². The van der Waals surface area contributed by atoms with Crippen LogP contribution in [0.2, 0.25) is 0 Å².